The number of benzene rings is 1. The fraction of sp³-hybridized carbons (Fsp3) is 0.118. The maximum absolute atomic E-state index is 12.1. The lowest BCUT2D eigenvalue weighted by Gasteiger charge is -2.03. The number of ketones is 1. The molecule has 0 spiro atoms. The molecule has 0 bridgehead atoms. The van der Waals surface area contributed by atoms with E-state index in [4.69, 9.17) is 4.42 Å². The van der Waals surface area contributed by atoms with E-state index in [1.807, 2.05) is 0 Å². The van der Waals surface area contributed by atoms with Gasteiger partial charge in [-0.2, -0.15) is 0 Å². The number of allylic oxidation sites excluding steroid dienone is 1. The van der Waals surface area contributed by atoms with Crippen LogP contribution in [-0.2, 0) is 4.74 Å². The summed E-state index contributed by atoms with van der Waals surface area (Å²) >= 11 is 0. The van der Waals surface area contributed by atoms with Gasteiger partial charge in [-0.05, 0) is 24.6 Å². The summed E-state index contributed by atoms with van der Waals surface area (Å²) in [4.78, 5) is 35.4. The Morgan fingerprint density at radius 3 is 2.61 bits per heavy atom. The van der Waals surface area contributed by atoms with Crippen molar-refractivity contribution in [1.29, 1.82) is 0 Å². The maximum Gasteiger partial charge on any atom is 0.351 e. The second-order valence-corrected chi connectivity index (χ2v) is 4.68. The minimum Gasteiger partial charge on any atom is -0.507 e. The zero-order chi connectivity index (χ0) is 17.0. The van der Waals surface area contributed by atoms with Gasteiger partial charge in [0.25, 0.3) is 0 Å². The molecule has 1 aromatic heterocycles. The van der Waals surface area contributed by atoms with Crippen LogP contribution in [-0.4, -0.2) is 24.0 Å². The molecule has 0 aliphatic carbocycles. The van der Waals surface area contributed by atoms with Crippen molar-refractivity contribution in [2.24, 2.45) is 0 Å². The molecule has 23 heavy (non-hydrogen) atoms. The molecule has 0 aliphatic rings. The van der Waals surface area contributed by atoms with Crippen LogP contribution in [0, 0.1) is 6.92 Å². The summed E-state index contributed by atoms with van der Waals surface area (Å²) in [5.74, 6) is -1.52. The number of methoxy groups -OCH3 is 1. The van der Waals surface area contributed by atoms with E-state index >= 15 is 0 Å². The number of aromatic hydroxyl groups is 1. The Morgan fingerprint density at radius 2 is 1.96 bits per heavy atom. The smallest absolute Gasteiger partial charge is 0.351 e. The molecule has 0 amide bonds. The van der Waals surface area contributed by atoms with Crippen molar-refractivity contribution in [3.63, 3.8) is 0 Å². The Balaban J connectivity index is 2.37. The van der Waals surface area contributed by atoms with E-state index in [2.05, 4.69) is 4.74 Å². The van der Waals surface area contributed by atoms with Gasteiger partial charge in [-0.25, -0.2) is 9.59 Å². The third-order valence-corrected chi connectivity index (χ3v) is 3.08. The molecule has 6 heteroatoms. The van der Waals surface area contributed by atoms with E-state index in [1.165, 1.54) is 26.2 Å². The number of ether oxygens (including phenoxy) is 1. The monoisotopic (exact) mass is 314 g/mol. The number of carbonyl (C=O) groups excluding carboxylic acids is 2. The maximum atomic E-state index is 12.1. The van der Waals surface area contributed by atoms with Crippen molar-refractivity contribution in [2.75, 3.05) is 7.11 Å². The van der Waals surface area contributed by atoms with Crippen LogP contribution in [0.25, 0.3) is 6.08 Å². The molecular formula is C17H14O6. The number of aryl methyl sites for hydroxylation is 1. The zero-order valence-electron chi connectivity index (χ0n) is 12.5. The minimum absolute atomic E-state index is 0.198. The average molecular weight is 314 g/mol. The molecule has 0 saturated heterocycles. The molecule has 1 N–H and O–H groups in total. The van der Waals surface area contributed by atoms with Gasteiger partial charge in [-0.1, -0.05) is 24.3 Å². The SMILES string of the molecule is COC(=O)c1ccccc1/C=C/C(=O)c1c(O)cc(C)oc1=O. The predicted molar refractivity (Wildman–Crippen MR) is 82.5 cm³/mol. The Morgan fingerprint density at radius 1 is 1.26 bits per heavy atom. The van der Waals surface area contributed by atoms with Crippen LogP contribution >= 0.6 is 0 Å². The van der Waals surface area contributed by atoms with Crippen LogP contribution in [0.15, 0.2) is 45.6 Å². The van der Waals surface area contributed by atoms with Gasteiger partial charge in [-0.15, -0.1) is 0 Å². The van der Waals surface area contributed by atoms with E-state index in [1.54, 1.807) is 24.3 Å². The van der Waals surface area contributed by atoms with Crippen molar-refractivity contribution >= 4 is 17.8 Å². The zero-order valence-corrected chi connectivity index (χ0v) is 12.5. The standard InChI is InChI=1S/C17H14O6/c1-10-9-14(19)15(17(21)23-10)13(18)8-7-11-5-3-4-6-12(11)16(20)22-2/h3-9,19H,1-2H3/b8-7+. The molecule has 118 valence electrons. The lowest BCUT2D eigenvalue weighted by atomic mass is 10.1. The van der Waals surface area contributed by atoms with Gasteiger partial charge in [0.15, 0.2) is 5.78 Å². The summed E-state index contributed by atoms with van der Waals surface area (Å²) < 4.78 is 9.45. The van der Waals surface area contributed by atoms with E-state index < -0.39 is 28.7 Å². The number of esters is 1. The highest BCUT2D eigenvalue weighted by Crippen LogP contribution is 2.17. The molecule has 2 aromatic rings. The molecular weight excluding hydrogens is 300 g/mol. The first-order chi connectivity index (χ1) is 10.9. The van der Waals surface area contributed by atoms with Gasteiger partial charge in [0, 0.05) is 6.07 Å². The van der Waals surface area contributed by atoms with Crippen LogP contribution in [0.3, 0.4) is 0 Å². The van der Waals surface area contributed by atoms with Crippen molar-refractivity contribution in [3.8, 4) is 5.75 Å². The van der Waals surface area contributed by atoms with Gasteiger partial charge in [0.1, 0.15) is 17.1 Å². The number of hydrogen-bond acceptors (Lipinski definition) is 6. The summed E-state index contributed by atoms with van der Waals surface area (Å²) in [6.45, 7) is 1.48. The summed E-state index contributed by atoms with van der Waals surface area (Å²) in [5, 5.41) is 9.73. The molecule has 2 rings (SSSR count). The van der Waals surface area contributed by atoms with Crippen molar-refractivity contribution in [3.05, 3.63) is 69.3 Å². The molecule has 0 unspecified atom stereocenters. The van der Waals surface area contributed by atoms with Crippen molar-refractivity contribution in [1.82, 2.24) is 0 Å². The molecule has 0 saturated carbocycles. The van der Waals surface area contributed by atoms with Gasteiger partial charge in [0.05, 0.1) is 12.7 Å². The summed E-state index contributed by atoms with van der Waals surface area (Å²) in [5.41, 5.74) is -0.649. The molecule has 6 nitrogen and oxygen atoms in total. The Bertz CT molecular complexity index is 844. The fourth-order valence-electron chi connectivity index (χ4n) is 2.01. The van der Waals surface area contributed by atoms with Crippen LogP contribution in [0.4, 0.5) is 0 Å². The van der Waals surface area contributed by atoms with Crippen molar-refractivity contribution in [2.45, 2.75) is 6.92 Å². The molecule has 0 aliphatic heterocycles. The predicted octanol–water partition coefficient (Wildman–Crippen LogP) is 2.34. The third kappa shape index (κ3) is 3.55. The van der Waals surface area contributed by atoms with Gasteiger partial charge in [-0.3, -0.25) is 4.79 Å². The highest BCUT2D eigenvalue weighted by molar-refractivity contribution is 6.08. The topological polar surface area (TPSA) is 93.8 Å². The normalized spacial score (nSPS) is 10.7. The second kappa shape index (κ2) is 6.74. The summed E-state index contributed by atoms with van der Waals surface area (Å²) in [7, 11) is 1.25. The second-order valence-electron chi connectivity index (χ2n) is 4.68. The van der Waals surface area contributed by atoms with Crippen LogP contribution in [0.2, 0.25) is 0 Å². The van der Waals surface area contributed by atoms with Gasteiger partial charge in [0.2, 0.25) is 0 Å². The van der Waals surface area contributed by atoms with Gasteiger partial charge < -0.3 is 14.3 Å². The Kier molecular flexibility index (Phi) is 4.75. The lowest BCUT2D eigenvalue weighted by Crippen LogP contribution is -2.13. The minimum atomic E-state index is -0.918. The van der Waals surface area contributed by atoms with E-state index in [0.717, 1.165) is 6.08 Å². The largest absolute Gasteiger partial charge is 0.507 e. The summed E-state index contributed by atoms with van der Waals surface area (Å²) in [6, 6.07) is 7.70. The molecule has 0 radical (unpaired) electrons. The number of hydrogen-bond donors (Lipinski definition) is 1. The van der Waals surface area contributed by atoms with Crippen LogP contribution in [0.1, 0.15) is 32.0 Å². The van der Waals surface area contributed by atoms with E-state index in [-0.39, 0.29) is 11.3 Å². The van der Waals surface area contributed by atoms with Crippen LogP contribution < -0.4 is 5.63 Å². The quantitative estimate of drug-likeness (QED) is 0.529. The fourth-order valence-corrected chi connectivity index (χ4v) is 2.01. The number of rotatable bonds is 4. The van der Waals surface area contributed by atoms with Crippen molar-refractivity contribution < 1.29 is 23.8 Å². The lowest BCUT2D eigenvalue weighted by molar-refractivity contribution is 0.0600. The first-order valence-electron chi connectivity index (χ1n) is 6.67. The molecule has 0 atom stereocenters. The number of carbonyl (C=O) groups is 2. The van der Waals surface area contributed by atoms with Gasteiger partial charge >= 0.3 is 11.6 Å². The Labute approximate surface area is 131 Å². The average Bonchev–Trinajstić information content (AvgIpc) is 2.51. The first kappa shape index (κ1) is 16.2. The first-order valence-corrected chi connectivity index (χ1v) is 6.67. The summed E-state index contributed by atoms with van der Waals surface area (Å²) in [6.07, 6.45) is 2.45. The highest BCUT2D eigenvalue weighted by atomic mass is 16.5. The Hall–Kier alpha value is -3.15. The molecule has 1 aromatic carbocycles. The highest BCUT2D eigenvalue weighted by Gasteiger charge is 2.16. The van der Waals surface area contributed by atoms with Crippen LogP contribution in [0.5, 0.6) is 5.75 Å². The molecule has 1 heterocycles. The van der Waals surface area contributed by atoms with E-state index in [9.17, 15) is 19.5 Å². The molecule has 0 fully saturated rings. The van der Waals surface area contributed by atoms with E-state index in [0.29, 0.717) is 5.56 Å². The third-order valence-electron chi connectivity index (χ3n) is 3.08.